The molecule has 5 nitrogen and oxygen atoms in total. The van der Waals surface area contributed by atoms with Crippen LogP contribution in [0.3, 0.4) is 0 Å². The topological polar surface area (TPSA) is 65.0 Å². The summed E-state index contributed by atoms with van der Waals surface area (Å²) in [5.41, 5.74) is 0.319. The number of hydrogen-bond acceptors (Lipinski definition) is 5. The average molecular weight is 258 g/mol. The van der Waals surface area contributed by atoms with E-state index >= 15 is 0 Å². The van der Waals surface area contributed by atoms with E-state index in [1.54, 1.807) is 19.1 Å². The average Bonchev–Trinajstić information content (AvgIpc) is 2.36. The van der Waals surface area contributed by atoms with E-state index in [4.69, 9.17) is 14.6 Å². The predicted octanol–water partition coefficient (Wildman–Crippen LogP) is 1.40. The zero-order valence-electron chi connectivity index (χ0n) is 9.67. The summed E-state index contributed by atoms with van der Waals surface area (Å²) in [5.74, 6) is 0.421. The number of methoxy groups -OCH3 is 1. The lowest BCUT2D eigenvalue weighted by Crippen LogP contribution is -2.16. The summed E-state index contributed by atoms with van der Waals surface area (Å²) < 4.78 is 15.0. The van der Waals surface area contributed by atoms with E-state index in [0.717, 1.165) is 0 Å². The van der Waals surface area contributed by atoms with Crippen LogP contribution in [0, 0.1) is 0 Å². The van der Waals surface area contributed by atoms with Crippen molar-refractivity contribution in [3.05, 3.63) is 23.8 Å². The van der Waals surface area contributed by atoms with Crippen LogP contribution in [0.4, 0.5) is 0 Å². The Morgan fingerprint density at radius 2 is 2.06 bits per heavy atom. The highest BCUT2D eigenvalue weighted by Crippen LogP contribution is 2.24. The van der Waals surface area contributed by atoms with Crippen LogP contribution in [0.2, 0.25) is 0 Å². The largest absolute Gasteiger partial charge is 0.497 e. The second-order valence-electron chi connectivity index (χ2n) is 3.41. The molecule has 0 radical (unpaired) electrons. The second-order valence-corrected chi connectivity index (χ2v) is 3.65. The minimum atomic E-state index is -0.504. The molecular weight excluding hydrogens is 243 g/mol. The van der Waals surface area contributed by atoms with Crippen molar-refractivity contribution in [3.63, 3.8) is 0 Å². The number of ether oxygens (including phenoxy) is 2. The van der Waals surface area contributed by atoms with Crippen molar-refractivity contribution in [2.24, 2.45) is 0 Å². The van der Waals surface area contributed by atoms with Gasteiger partial charge in [-0.3, -0.25) is 0 Å². The molecule has 0 bridgehead atoms. The highest BCUT2D eigenvalue weighted by Gasteiger charge is 2.11. The molecule has 1 aromatic carbocycles. The van der Waals surface area contributed by atoms with Gasteiger partial charge in [0.2, 0.25) is 0 Å². The third-order valence-corrected chi connectivity index (χ3v) is 2.27. The normalized spacial score (nSPS) is 11.8. The van der Waals surface area contributed by atoms with E-state index in [2.05, 4.69) is 4.52 Å². The van der Waals surface area contributed by atoms with E-state index in [-0.39, 0.29) is 12.7 Å². The van der Waals surface area contributed by atoms with Crippen molar-refractivity contribution in [2.45, 2.75) is 13.0 Å². The molecule has 0 heterocycles. The number of carbonyl (C=O) groups is 1. The Kier molecular flexibility index (Phi) is 5.19. The predicted molar refractivity (Wildman–Crippen MR) is 65.3 cm³/mol. The summed E-state index contributed by atoms with van der Waals surface area (Å²) in [5, 5.41) is 8.90. The van der Waals surface area contributed by atoms with Crippen LogP contribution in [0.5, 0.6) is 11.5 Å². The number of aliphatic hydroxyl groups is 1. The third kappa shape index (κ3) is 3.88. The lowest BCUT2D eigenvalue weighted by Gasteiger charge is -2.13. The van der Waals surface area contributed by atoms with E-state index in [0.29, 0.717) is 17.1 Å². The molecule has 1 N–H and O–H groups in total. The van der Waals surface area contributed by atoms with Gasteiger partial charge in [-0.25, -0.2) is 4.79 Å². The molecule has 0 spiro atoms. The monoisotopic (exact) mass is 258 g/mol. The van der Waals surface area contributed by atoms with Gasteiger partial charge < -0.3 is 19.1 Å². The minimum absolute atomic E-state index is 0.110. The highest BCUT2D eigenvalue weighted by molar-refractivity contribution is 7.10. The first-order chi connectivity index (χ1) is 8.10. The fourth-order valence-corrected chi connectivity index (χ4v) is 1.35. The van der Waals surface area contributed by atoms with Gasteiger partial charge in [-0.2, -0.15) is 0 Å². The van der Waals surface area contributed by atoms with Crippen molar-refractivity contribution in [1.82, 2.24) is 0 Å². The van der Waals surface area contributed by atoms with Crippen LogP contribution in [0.25, 0.3) is 0 Å². The number of benzene rings is 1. The number of aliphatic hydroxyl groups excluding tert-OH is 1. The van der Waals surface area contributed by atoms with E-state index in [9.17, 15) is 4.79 Å². The SMILES string of the molecule is COc1cc(O[C@@H](C)CO)cc(C(=O)OP)c1. The van der Waals surface area contributed by atoms with Gasteiger partial charge >= 0.3 is 5.97 Å². The molecule has 0 aliphatic heterocycles. The maximum Gasteiger partial charge on any atom is 0.340 e. The highest BCUT2D eigenvalue weighted by atomic mass is 31.0. The quantitative estimate of drug-likeness (QED) is 0.809. The molecule has 0 aliphatic carbocycles. The zero-order valence-corrected chi connectivity index (χ0v) is 10.8. The van der Waals surface area contributed by atoms with E-state index in [1.807, 2.05) is 9.47 Å². The first kappa shape index (κ1) is 13.7. The summed E-state index contributed by atoms with van der Waals surface area (Å²) in [6.45, 7) is 1.60. The van der Waals surface area contributed by atoms with Crippen LogP contribution < -0.4 is 9.47 Å². The van der Waals surface area contributed by atoms with Crippen LogP contribution >= 0.6 is 9.47 Å². The lowest BCUT2D eigenvalue weighted by atomic mass is 10.2. The maximum absolute atomic E-state index is 11.4. The maximum atomic E-state index is 11.4. The summed E-state index contributed by atoms with van der Waals surface area (Å²) in [7, 11) is 3.38. The van der Waals surface area contributed by atoms with Gasteiger partial charge in [0.15, 0.2) is 0 Å². The second kappa shape index (κ2) is 6.42. The van der Waals surface area contributed by atoms with E-state index < -0.39 is 5.97 Å². The van der Waals surface area contributed by atoms with Crippen LogP contribution in [-0.2, 0) is 4.52 Å². The van der Waals surface area contributed by atoms with Crippen molar-refractivity contribution in [2.75, 3.05) is 13.7 Å². The Bertz CT molecular complexity index is 393. The standard InChI is InChI=1S/C11H15O5P/c1-7(6-12)15-10-4-8(11(13)16-17)3-9(5-10)14-2/h3-5,7,12H,6,17H2,1-2H3/t7-/m0/s1. The fourth-order valence-electron chi connectivity index (χ4n) is 1.21. The Labute approximate surface area is 102 Å². The van der Waals surface area contributed by atoms with Crippen molar-refractivity contribution >= 4 is 15.4 Å². The number of rotatable bonds is 5. The fraction of sp³-hybridized carbons (Fsp3) is 0.364. The molecule has 6 heteroatoms. The molecule has 0 saturated heterocycles. The van der Waals surface area contributed by atoms with Crippen LogP contribution in [0.1, 0.15) is 17.3 Å². The van der Waals surface area contributed by atoms with Gasteiger partial charge in [0.05, 0.1) is 28.7 Å². The van der Waals surface area contributed by atoms with Gasteiger partial charge in [-0.1, -0.05) is 0 Å². The Balaban J connectivity index is 3.00. The minimum Gasteiger partial charge on any atom is -0.497 e. The summed E-state index contributed by atoms with van der Waals surface area (Å²) in [4.78, 5) is 11.4. The Morgan fingerprint density at radius 1 is 1.41 bits per heavy atom. The molecule has 1 rings (SSSR count). The Morgan fingerprint density at radius 3 is 2.59 bits per heavy atom. The van der Waals surface area contributed by atoms with Crippen LogP contribution in [0.15, 0.2) is 18.2 Å². The van der Waals surface area contributed by atoms with Crippen LogP contribution in [-0.4, -0.2) is 30.9 Å². The summed E-state index contributed by atoms with van der Waals surface area (Å²) in [6, 6.07) is 4.70. The molecule has 2 atom stereocenters. The molecule has 0 aliphatic rings. The van der Waals surface area contributed by atoms with Gasteiger partial charge in [-0.15, -0.1) is 0 Å². The molecular formula is C11H15O5P. The molecule has 0 amide bonds. The molecule has 1 aromatic rings. The smallest absolute Gasteiger partial charge is 0.340 e. The summed E-state index contributed by atoms with van der Waals surface area (Å²) >= 11 is 0. The molecule has 0 aromatic heterocycles. The van der Waals surface area contributed by atoms with Crippen molar-refractivity contribution in [3.8, 4) is 11.5 Å². The molecule has 94 valence electrons. The van der Waals surface area contributed by atoms with E-state index in [1.165, 1.54) is 13.2 Å². The molecule has 0 fully saturated rings. The first-order valence-electron chi connectivity index (χ1n) is 4.98. The molecule has 1 unspecified atom stereocenters. The number of hydrogen-bond donors (Lipinski definition) is 1. The molecule has 17 heavy (non-hydrogen) atoms. The summed E-state index contributed by atoms with van der Waals surface area (Å²) in [6.07, 6.45) is -0.359. The first-order valence-corrected chi connectivity index (χ1v) is 5.45. The van der Waals surface area contributed by atoms with Crippen molar-refractivity contribution in [1.29, 1.82) is 0 Å². The third-order valence-electron chi connectivity index (χ3n) is 2.05. The van der Waals surface area contributed by atoms with Gasteiger partial charge in [0, 0.05) is 6.07 Å². The van der Waals surface area contributed by atoms with Crippen molar-refractivity contribution < 1.29 is 23.9 Å². The van der Waals surface area contributed by atoms with Gasteiger partial charge in [0.1, 0.15) is 17.6 Å². The zero-order chi connectivity index (χ0) is 12.8. The Hall–Kier alpha value is -1.32. The number of carbonyl (C=O) groups excluding carboxylic acids is 1. The van der Waals surface area contributed by atoms with Gasteiger partial charge in [0.25, 0.3) is 0 Å². The lowest BCUT2D eigenvalue weighted by molar-refractivity contribution is 0.0764. The molecule has 0 saturated carbocycles. The van der Waals surface area contributed by atoms with Gasteiger partial charge in [-0.05, 0) is 19.1 Å².